The molecule has 1 aromatic carbocycles. The molecule has 3 rings (SSSR count). The van der Waals surface area contributed by atoms with Crippen LogP contribution in [0.1, 0.15) is 36.5 Å². The third-order valence-electron chi connectivity index (χ3n) is 3.65. The number of hydrogen-bond acceptors (Lipinski definition) is 3. The Bertz CT molecular complexity index is 441. The molecule has 0 saturated carbocycles. The fraction of sp³-hybridized carbons (Fsp3) is 0.571. The van der Waals surface area contributed by atoms with E-state index >= 15 is 0 Å². The zero-order valence-corrected chi connectivity index (χ0v) is 11.8. The molecule has 2 aliphatic rings. The Morgan fingerprint density at radius 2 is 2.28 bits per heavy atom. The number of aliphatic hydroxyl groups is 1. The van der Waals surface area contributed by atoms with Crippen molar-refractivity contribution in [2.75, 3.05) is 13.2 Å². The van der Waals surface area contributed by atoms with Crippen LogP contribution < -0.4 is 4.74 Å². The molecule has 0 aromatic heterocycles. The van der Waals surface area contributed by atoms with Crippen LogP contribution in [0.15, 0.2) is 16.6 Å². The number of aliphatic hydroxyl groups excluding tert-OH is 1. The van der Waals surface area contributed by atoms with Crippen LogP contribution in [0.5, 0.6) is 5.75 Å². The molecule has 2 atom stereocenters. The van der Waals surface area contributed by atoms with Gasteiger partial charge in [-0.05, 0) is 30.5 Å². The average molecular weight is 313 g/mol. The number of fused-ring (bicyclic) bond motifs is 1. The second-order valence-electron chi connectivity index (χ2n) is 4.97. The SMILES string of the molecule is OC(CC1CCCO1)c1cc(Br)cc2c1OCC2. The first-order chi connectivity index (χ1) is 8.74. The van der Waals surface area contributed by atoms with Crippen molar-refractivity contribution in [1.82, 2.24) is 0 Å². The van der Waals surface area contributed by atoms with Crippen molar-refractivity contribution in [2.45, 2.75) is 37.9 Å². The molecule has 2 unspecified atom stereocenters. The fourth-order valence-electron chi connectivity index (χ4n) is 2.75. The summed E-state index contributed by atoms with van der Waals surface area (Å²) in [5.74, 6) is 0.878. The van der Waals surface area contributed by atoms with E-state index in [4.69, 9.17) is 9.47 Å². The lowest BCUT2D eigenvalue weighted by molar-refractivity contribution is 0.0525. The van der Waals surface area contributed by atoms with E-state index in [0.717, 1.165) is 41.7 Å². The van der Waals surface area contributed by atoms with Crippen LogP contribution in [0, 0.1) is 0 Å². The Balaban J connectivity index is 1.82. The third kappa shape index (κ3) is 2.42. The largest absolute Gasteiger partial charge is 0.493 e. The zero-order chi connectivity index (χ0) is 12.5. The first kappa shape index (κ1) is 12.5. The van der Waals surface area contributed by atoms with Crippen molar-refractivity contribution in [3.05, 3.63) is 27.7 Å². The first-order valence-electron chi connectivity index (χ1n) is 6.49. The Morgan fingerprint density at radius 3 is 3.06 bits per heavy atom. The van der Waals surface area contributed by atoms with Gasteiger partial charge >= 0.3 is 0 Å². The van der Waals surface area contributed by atoms with Gasteiger partial charge in [-0.2, -0.15) is 0 Å². The summed E-state index contributed by atoms with van der Waals surface area (Å²) >= 11 is 3.50. The summed E-state index contributed by atoms with van der Waals surface area (Å²) in [6, 6.07) is 4.04. The Morgan fingerprint density at radius 1 is 1.39 bits per heavy atom. The first-order valence-corrected chi connectivity index (χ1v) is 7.28. The molecule has 98 valence electrons. The smallest absolute Gasteiger partial charge is 0.128 e. The predicted octanol–water partition coefficient (Wildman–Crippen LogP) is 2.99. The minimum absolute atomic E-state index is 0.191. The van der Waals surface area contributed by atoms with Crippen molar-refractivity contribution in [3.63, 3.8) is 0 Å². The van der Waals surface area contributed by atoms with Crippen LogP contribution >= 0.6 is 15.9 Å². The Labute approximate surface area is 115 Å². The van der Waals surface area contributed by atoms with E-state index in [1.807, 2.05) is 6.07 Å². The molecule has 0 amide bonds. The second kappa shape index (κ2) is 5.19. The van der Waals surface area contributed by atoms with Gasteiger partial charge in [0.05, 0.1) is 18.8 Å². The normalized spacial score (nSPS) is 23.8. The van der Waals surface area contributed by atoms with Crippen molar-refractivity contribution < 1.29 is 14.6 Å². The van der Waals surface area contributed by atoms with Crippen LogP contribution in [0.4, 0.5) is 0 Å². The molecule has 2 aliphatic heterocycles. The van der Waals surface area contributed by atoms with E-state index in [0.29, 0.717) is 13.0 Å². The predicted molar refractivity (Wildman–Crippen MR) is 71.9 cm³/mol. The minimum Gasteiger partial charge on any atom is -0.493 e. The van der Waals surface area contributed by atoms with Gasteiger partial charge in [0.1, 0.15) is 5.75 Å². The lowest BCUT2D eigenvalue weighted by Gasteiger charge is -2.18. The average Bonchev–Trinajstić information content (AvgIpc) is 2.97. The quantitative estimate of drug-likeness (QED) is 0.932. The second-order valence-corrected chi connectivity index (χ2v) is 5.88. The molecule has 3 nitrogen and oxygen atoms in total. The Kier molecular flexibility index (Phi) is 3.59. The summed E-state index contributed by atoms with van der Waals surface area (Å²) in [6.45, 7) is 1.54. The number of ether oxygens (including phenoxy) is 2. The summed E-state index contributed by atoms with van der Waals surface area (Å²) in [5.41, 5.74) is 2.08. The van der Waals surface area contributed by atoms with Crippen LogP contribution in [0.2, 0.25) is 0 Å². The monoisotopic (exact) mass is 312 g/mol. The Hall–Kier alpha value is -0.580. The van der Waals surface area contributed by atoms with Crippen LogP contribution in [-0.2, 0) is 11.2 Å². The maximum Gasteiger partial charge on any atom is 0.128 e. The molecular weight excluding hydrogens is 296 g/mol. The molecule has 1 saturated heterocycles. The van der Waals surface area contributed by atoms with Gasteiger partial charge in [-0.25, -0.2) is 0 Å². The summed E-state index contributed by atoms with van der Waals surface area (Å²) in [7, 11) is 0. The van der Waals surface area contributed by atoms with Crippen molar-refractivity contribution in [1.29, 1.82) is 0 Å². The van der Waals surface area contributed by atoms with Crippen LogP contribution in [0.3, 0.4) is 0 Å². The summed E-state index contributed by atoms with van der Waals surface area (Å²) in [6.07, 6.45) is 3.42. The molecule has 4 heteroatoms. The van der Waals surface area contributed by atoms with Crippen molar-refractivity contribution in [2.24, 2.45) is 0 Å². The molecule has 0 aliphatic carbocycles. The standard InChI is InChI=1S/C14H17BrO3/c15-10-6-9-3-5-18-14(9)12(7-10)13(16)8-11-2-1-4-17-11/h6-7,11,13,16H,1-5,8H2. The van der Waals surface area contributed by atoms with E-state index in [-0.39, 0.29) is 6.10 Å². The molecule has 0 bridgehead atoms. The molecule has 0 spiro atoms. The number of hydrogen-bond donors (Lipinski definition) is 1. The lowest BCUT2D eigenvalue weighted by atomic mass is 9.99. The van der Waals surface area contributed by atoms with Crippen molar-refractivity contribution in [3.8, 4) is 5.75 Å². The van der Waals surface area contributed by atoms with E-state index in [2.05, 4.69) is 22.0 Å². The zero-order valence-electron chi connectivity index (χ0n) is 10.2. The highest BCUT2D eigenvalue weighted by atomic mass is 79.9. The van der Waals surface area contributed by atoms with Gasteiger partial charge in [0.15, 0.2) is 0 Å². The van der Waals surface area contributed by atoms with Gasteiger partial charge in [0, 0.05) is 29.5 Å². The van der Waals surface area contributed by atoms with E-state index in [1.165, 1.54) is 5.56 Å². The molecule has 1 fully saturated rings. The number of benzene rings is 1. The summed E-state index contributed by atoms with van der Waals surface area (Å²) in [5, 5.41) is 10.4. The molecule has 1 aromatic rings. The topological polar surface area (TPSA) is 38.7 Å². The third-order valence-corrected chi connectivity index (χ3v) is 4.10. The van der Waals surface area contributed by atoms with Crippen molar-refractivity contribution >= 4 is 15.9 Å². The summed E-state index contributed by atoms with van der Waals surface area (Å²) in [4.78, 5) is 0. The number of halogens is 1. The molecule has 0 radical (unpaired) electrons. The highest BCUT2D eigenvalue weighted by Gasteiger charge is 2.26. The maximum atomic E-state index is 10.4. The van der Waals surface area contributed by atoms with Gasteiger partial charge in [-0.15, -0.1) is 0 Å². The van der Waals surface area contributed by atoms with Gasteiger partial charge in [0.2, 0.25) is 0 Å². The highest BCUT2D eigenvalue weighted by molar-refractivity contribution is 9.10. The number of rotatable bonds is 3. The highest BCUT2D eigenvalue weighted by Crippen LogP contribution is 2.38. The fourth-order valence-corrected chi connectivity index (χ4v) is 3.27. The van der Waals surface area contributed by atoms with Gasteiger partial charge in [0.25, 0.3) is 0 Å². The van der Waals surface area contributed by atoms with Gasteiger partial charge < -0.3 is 14.6 Å². The van der Waals surface area contributed by atoms with Gasteiger partial charge in [-0.1, -0.05) is 15.9 Å². The lowest BCUT2D eigenvalue weighted by Crippen LogP contribution is -2.12. The van der Waals surface area contributed by atoms with Crippen LogP contribution in [0.25, 0.3) is 0 Å². The summed E-state index contributed by atoms with van der Waals surface area (Å²) < 4.78 is 12.2. The molecular formula is C14H17BrO3. The van der Waals surface area contributed by atoms with Crippen LogP contribution in [-0.4, -0.2) is 24.4 Å². The van der Waals surface area contributed by atoms with E-state index in [9.17, 15) is 5.11 Å². The van der Waals surface area contributed by atoms with E-state index < -0.39 is 6.10 Å². The molecule has 2 heterocycles. The molecule has 1 N–H and O–H groups in total. The molecule has 18 heavy (non-hydrogen) atoms. The minimum atomic E-state index is -0.502. The van der Waals surface area contributed by atoms with Gasteiger partial charge in [-0.3, -0.25) is 0 Å². The van der Waals surface area contributed by atoms with E-state index in [1.54, 1.807) is 0 Å². The maximum absolute atomic E-state index is 10.4.